The lowest BCUT2D eigenvalue weighted by molar-refractivity contribution is -0.149. The first-order valence-corrected chi connectivity index (χ1v) is 8.74. The van der Waals surface area contributed by atoms with Gasteiger partial charge in [0.2, 0.25) is 0 Å². The molecule has 2 rings (SSSR count). The van der Waals surface area contributed by atoms with Gasteiger partial charge in [0.15, 0.2) is 0 Å². The summed E-state index contributed by atoms with van der Waals surface area (Å²) in [6.45, 7) is 1.70. The molecule has 1 saturated carbocycles. The van der Waals surface area contributed by atoms with Gasteiger partial charge in [-0.2, -0.15) is 0 Å². The molecule has 0 saturated heterocycles. The van der Waals surface area contributed by atoms with E-state index in [2.05, 4.69) is 15.0 Å². The summed E-state index contributed by atoms with van der Waals surface area (Å²) < 4.78 is 29.3. The summed E-state index contributed by atoms with van der Waals surface area (Å²) in [5.41, 5.74) is 3.28. The number of hydrogen-bond acceptors (Lipinski definition) is 6. The Morgan fingerprint density at radius 3 is 2.61 bits per heavy atom. The molecule has 0 aliphatic heterocycles. The van der Waals surface area contributed by atoms with Crippen molar-refractivity contribution in [2.45, 2.75) is 37.1 Å². The van der Waals surface area contributed by atoms with Gasteiger partial charge in [-0.05, 0) is 25.0 Å². The highest BCUT2D eigenvalue weighted by Gasteiger charge is 2.33. The lowest BCUT2D eigenvalue weighted by Crippen LogP contribution is -2.48. The number of Topliss-reactive ketones (excluding diaryl/α,β-unsaturated/α-hetero) is 1. The number of sulfonamides is 1. The van der Waals surface area contributed by atoms with E-state index < -0.39 is 28.0 Å². The summed E-state index contributed by atoms with van der Waals surface area (Å²) in [5.74, 6) is -1.09. The second-order valence-electron chi connectivity index (χ2n) is 5.61. The molecule has 2 unspecified atom stereocenters. The first-order valence-electron chi connectivity index (χ1n) is 7.26. The molecule has 1 aromatic rings. The average molecular weight is 340 g/mol. The highest BCUT2D eigenvalue weighted by atomic mass is 32.2. The van der Waals surface area contributed by atoms with E-state index in [0.29, 0.717) is 12.0 Å². The quantitative estimate of drug-likeness (QED) is 0.604. The summed E-state index contributed by atoms with van der Waals surface area (Å²) in [6, 6.07) is 6.15. The first-order chi connectivity index (χ1) is 10.8. The molecule has 2 N–H and O–H groups in total. The van der Waals surface area contributed by atoms with Crippen molar-refractivity contribution in [1.29, 1.82) is 0 Å². The van der Waals surface area contributed by atoms with E-state index in [-0.39, 0.29) is 23.5 Å². The number of carbonyl (C=O) groups excluding carboxylic acids is 2. The van der Waals surface area contributed by atoms with Crippen LogP contribution in [0.5, 0.6) is 0 Å². The van der Waals surface area contributed by atoms with Gasteiger partial charge in [-0.1, -0.05) is 18.2 Å². The molecule has 1 aliphatic carbocycles. The Balaban J connectivity index is 2.03. The zero-order valence-corrected chi connectivity index (χ0v) is 13.9. The maximum atomic E-state index is 12.3. The van der Waals surface area contributed by atoms with Crippen LogP contribution in [0.2, 0.25) is 0 Å². The van der Waals surface area contributed by atoms with Crippen molar-refractivity contribution in [1.82, 2.24) is 10.3 Å². The minimum absolute atomic E-state index is 0.0979. The summed E-state index contributed by atoms with van der Waals surface area (Å²) in [7, 11) is -2.47. The largest absolute Gasteiger partial charge is 0.469 e. The molecule has 0 amide bonds. The standard InChI is InChI=1S/C15H20N2O5S/c1-10-5-3-4-6-14(10)23(20,21)17-16-12-7-11(15(19)22-2)8-13(18)9-12/h3-6,11-12,16-17H,7-9H2,1-2H3. The van der Waals surface area contributed by atoms with Crippen LogP contribution in [-0.4, -0.2) is 33.3 Å². The Morgan fingerprint density at radius 2 is 1.96 bits per heavy atom. The number of rotatable bonds is 5. The SMILES string of the molecule is COC(=O)C1CC(=O)CC(NNS(=O)(=O)c2ccccc2C)C1. The van der Waals surface area contributed by atoms with Crippen molar-refractivity contribution in [3.8, 4) is 0 Å². The lowest BCUT2D eigenvalue weighted by Gasteiger charge is -2.27. The minimum Gasteiger partial charge on any atom is -0.469 e. The maximum Gasteiger partial charge on any atom is 0.309 e. The number of aryl methyl sites for hydroxylation is 1. The van der Waals surface area contributed by atoms with Crippen LogP contribution in [0.4, 0.5) is 0 Å². The Labute approximate surface area is 135 Å². The molecule has 2 atom stereocenters. The number of hydrazine groups is 1. The highest BCUT2D eigenvalue weighted by Crippen LogP contribution is 2.23. The molecule has 7 nitrogen and oxygen atoms in total. The van der Waals surface area contributed by atoms with Crippen molar-refractivity contribution in [3.63, 3.8) is 0 Å². The minimum atomic E-state index is -3.74. The fourth-order valence-corrected chi connectivity index (χ4v) is 3.85. The molecular formula is C15H20N2O5S. The molecule has 0 heterocycles. The van der Waals surface area contributed by atoms with Crippen molar-refractivity contribution >= 4 is 21.8 Å². The summed E-state index contributed by atoms with van der Waals surface area (Å²) in [5, 5.41) is 0. The molecule has 23 heavy (non-hydrogen) atoms. The second-order valence-corrected chi connectivity index (χ2v) is 7.27. The van der Waals surface area contributed by atoms with E-state index >= 15 is 0 Å². The Morgan fingerprint density at radius 1 is 1.26 bits per heavy atom. The van der Waals surface area contributed by atoms with Gasteiger partial charge in [-0.15, -0.1) is 4.83 Å². The number of carbonyl (C=O) groups is 2. The molecular weight excluding hydrogens is 320 g/mol. The third kappa shape index (κ3) is 4.37. The van der Waals surface area contributed by atoms with Crippen LogP contribution in [0.1, 0.15) is 24.8 Å². The van der Waals surface area contributed by atoms with Gasteiger partial charge < -0.3 is 4.74 Å². The Kier molecular flexibility index (Phi) is 5.51. The van der Waals surface area contributed by atoms with Gasteiger partial charge >= 0.3 is 5.97 Å². The molecule has 1 aliphatic rings. The number of nitrogens with one attached hydrogen (secondary N) is 2. The topological polar surface area (TPSA) is 102 Å². The number of hydrogen-bond donors (Lipinski definition) is 2. The van der Waals surface area contributed by atoms with Crippen LogP contribution in [0, 0.1) is 12.8 Å². The molecule has 0 aromatic heterocycles. The molecule has 8 heteroatoms. The van der Waals surface area contributed by atoms with E-state index in [1.807, 2.05) is 0 Å². The fraction of sp³-hybridized carbons (Fsp3) is 0.467. The number of benzene rings is 1. The monoisotopic (exact) mass is 340 g/mol. The number of esters is 1. The fourth-order valence-electron chi connectivity index (χ4n) is 2.67. The predicted molar refractivity (Wildman–Crippen MR) is 82.8 cm³/mol. The van der Waals surface area contributed by atoms with Gasteiger partial charge in [0.1, 0.15) is 5.78 Å². The summed E-state index contributed by atoms with van der Waals surface area (Å²) in [6.07, 6.45) is 0.647. The third-order valence-corrected chi connectivity index (χ3v) is 5.26. The van der Waals surface area contributed by atoms with E-state index in [0.717, 1.165) is 0 Å². The molecule has 126 valence electrons. The third-order valence-electron chi connectivity index (χ3n) is 3.83. The number of ketones is 1. The molecule has 0 radical (unpaired) electrons. The molecule has 0 bridgehead atoms. The van der Waals surface area contributed by atoms with Crippen molar-refractivity contribution in [2.24, 2.45) is 5.92 Å². The zero-order valence-electron chi connectivity index (χ0n) is 13.0. The smallest absolute Gasteiger partial charge is 0.309 e. The second kappa shape index (κ2) is 7.20. The van der Waals surface area contributed by atoms with Crippen LogP contribution in [0.15, 0.2) is 29.2 Å². The van der Waals surface area contributed by atoms with Crippen LogP contribution in [0.3, 0.4) is 0 Å². The normalized spacial score (nSPS) is 21.9. The van der Waals surface area contributed by atoms with Gasteiger partial charge in [0, 0.05) is 18.9 Å². The molecule has 1 aromatic carbocycles. The van der Waals surface area contributed by atoms with Gasteiger partial charge in [-0.25, -0.2) is 13.8 Å². The predicted octanol–water partition coefficient (Wildman–Crippen LogP) is 0.689. The zero-order chi connectivity index (χ0) is 17.0. The average Bonchev–Trinajstić information content (AvgIpc) is 2.52. The highest BCUT2D eigenvalue weighted by molar-refractivity contribution is 7.89. The number of ether oxygens (including phenoxy) is 1. The maximum absolute atomic E-state index is 12.3. The van der Waals surface area contributed by atoms with Gasteiger partial charge in [0.25, 0.3) is 10.0 Å². The van der Waals surface area contributed by atoms with Crippen LogP contribution < -0.4 is 10.3 Å². The van der Waals surface area contributed by atoms with Crippen LogP contribution in [-0.2, 0) is 24.3 Å². The first kappa shape index (κ1) is 17.6. The summed E-state index contributed by atoms with van der Waals surface area (Å²) >= 11 is 0. The van der Waals surface area contributed by atoms with Crippen LogP contribution >= 0.6 is 0 Å². The van der Waals surface area contributed by atoms with E-state index in [4.69, 9.17) is 0 Å². The Bertz CT molecular complexity index is 702. The van der Waals surface area contributed by atoms with E-state index in [9.17, 15) is 18.0 Å². The Hall–Kier alpha value is -1.77. The van der Waals surface area contributed by atoms with Gasteiger partial charge in [-0.3, -0.25) is 9.59 Å². The van der Waals surface area contributed by atoms with Crippen molar-refractivity contribution in [2.75, 3.05) is 7.11 Å². The van der Waals surface area contributed by atoms with Crippen LogP contribution in [0.25, 0.3) is 0 Å². The van der Waals surface area contributed by atoms with Crippen molar-refractivity contribution in [3.05, 3.63) is 29.8 Å². The lowest BCUT2D eigenvalue weighted by atomic mass is 9.85. The van der Waals surface area contributed by atoms with Gasteiger partial charge in [0.05, 0.1) is 17.9 Å². The summed E-state index contributed by atoms with van der Waals surface area (Å²) in [4.78, 5) is 25.8. The molecule has 1 fully saturated rings. The van der Waals surface area contributed by atoms with Crippen molar-refractivity contribution < 1.29 is 22.7 Å². The van der Waals surface area contributed by atoms with E-state index in [1.165, 1.54) is 13.2 Å². The molecule has 0 spiro atoms. The van der Waals surface area contributed by atoms with E-state index in [1.54, 1.807) is 25.1 Å². The number of methoxy groups -OCH3 is 1.